The van der Waals surface area contributed by atoms with Crippen LogP contribution in [0.2, 0.25) is 0 Å². The number of aryl methyl sites for hydroxylation is 1. The van der Waals surface area contributed by atoms with Crippen molar-refractivity contribution in [2.24, 2.45) is 0 Å². The van der Waals surface area contributed by atoms with Crippen LogP contribution < -0.4 is 4.90 Å². The molecule has 0 aromatic heterocycles. The summed E-state index contributed by atoms with van der Waals surface area (Å²) in [6, 6.07) is 6.03. The molecule has 3 rings (SSSR count). The highest BCUT2D eigenvalue weighted by molar-refractivity contribution is 6.18. The first-order valence-corrected chi connectivity index (χ1v) is 7.90. The molecule has 5 nitrogen and oxygen atoms in total. The van der Waals surface area contributed by atoms with E-state index in [1.165, 1.54) is 32.4 Å². The lowest BCUT2D eigenvalue weighted by molar-refractivity contribution is -0.222. The molecular weight excluding hydrogens is 294 g/mol. The number of anilines is 1. The second-order valence-corrected chi connectivity index (χ2v) is 6.47. The van der Waals surface area contributed by atoms with Gasteiger partial charge < -0.3 is 14.4 Å². The van der Waals surface area contributed by atoms with Crippen LogP contribution in [0.25, 0.3) is 6.08 Å². The van der Waals surface area contributed by atoms with E-state index >= 15 is 0 Å². The molecule has 0 bridgehead atoms. The Bertz CT molecular complexity index is 662. The highest BCUT2D eigenvalue weighted by atomic mass is 16.7. The van der Waals surface area contributed by atoms with Crippen molar-refractivity contribution in [1.82, 2.24) is 0 Å². The first-order valence-electron chi connectivity index (χ1n) is 7.90. The first kappa shape index (κ1) is 15.6. The number of ether oxygens (including phenoxy) is 2. The fourth-order valence-corrected chi connectivity index (χ4v) is 2.93. The van der Waals surface area contributed by atoms with Crippen LogP contribution in [0.15, 0.2) is 23.8 Å². The SMILES string of the molecule is Cc1cc(N2CCCC2)ccc1C=C1C(=O)OC(C)(C)OC1=O. The number of carbonyl (C=O) groups excluding carboxylic acids is 2. The fourth-order valence-electron chi connectivity index (χ4n) is 2.93. The number of rotatable bonds is 2. The van der Waals surface area contributed by atoms with Crippen LogP contribution in [0, 0.1) is 6.92 Å². The smallest absolute Gasteiger partial charge is 0.348 e. The van der Waals surface area contributed by atoms with Crippen LogP contribution in [-0.4, -0.2) is 30.8 Å². The largest absolute Gasteiger partial charge is 0.419 e. The molecule has 1 aromatic rings. The quantitative estimate of drug-likeness (QED) is 0.477. The highest BCUT2D eigenvalue weighted by Gasteiger charge is 2.38. The van der Waals surface area contributed by atoms with Crippen LogP contribution in [0.1, 0.15) is 37.8 Å². The van der Waals surface area contributed by atoms with Crippen molar-refractivity contribution in [3.63, 3.8) is 0 Å². The molecule has 0 aliphatic carbocycles. The van der Waals surface area contributed by atoms with Gasteiger partial charge in [-0.25, -0.2) is 9.59 Å². The molecule has 122 valence electrons. The molecule has 0 saturated carbocycles. The summed E-state index contributed by atoms with van der Waals surface area (Å²) >= 11 is 0. The Balaban J connectivity index is 1.87. The highest BCUT2D eigenvalue weighted by Crippen LogP contribution is 2.27. The minimum absolute atomic E-state index is 0.0682. The lowest BCUT2D eigenvalue weighted by Gasteiger charge is -2.29. The lowest BCUT2D eigenvalue weighted by Crippen LogP contribution is -2.41. The summed E-state index contributed by atoms with van der Waals surface area (Å²) < 4.78 is 10.2. The molecule has 0 unspecified atom stereocenters. The van der Waals surface area contributed by atoms with Gasteiger partial charge in [0.2, 0.25) is 0 Å². The minimum Gasteiger partial charge on any atom is -0.419 e. The Hall–Kier alpha value is -2.30. The molecule has 2 fully saturated rings. The molecule has 0 radical (unpaired) electrons. The molecule has 5 heteroatoms. The molecule has 0 N–H and O–H groups in total. The van der Waals surface area contributed by atoms with Gasteiger partial charge in [-0.2, -0.15) is 0 Å². The second-order valence-electron chi connectivity index (χ2n) is 6.47. The van der Waals surface area contributed by atoms with Crippen LogP contribution in [0.5, 0.6) is 0 Å². The molecule has 0 amide bonds. The van der Waals surface area contributed by atoms with Crippen molar-refractivity contribution in [3.8, 4) is 0 Å². The van der Waals surface area contributed by atoms with Crippen molar-refractivity contribution in [2.45, 2.75) is 39.4 Å². The van der Waals surface area contributed by atoms with Gasteiger partial charge in [0.1, 0.15) is 5.57 Å². The number of cyclic esters (lactones) is 2. The predicted octanol–water partition coefficient (Wildman–Crippen LogP) is 2.81. The molecular formula is C18H21NO4. The first-order chi connectivity index (χ1) is 10.9. The Morgan fingerprint density at radius 2 is 1.70 bits per heavy atom. The van der Waals surface area contributed by atoms with Gasteiger partial charge in [0.15, 0.2) is 0 Å². The fraction of sp³-hybridized carbons (Fsp3) is 0.444. The van der Waals surface area contributed by atoms with Gasteiger partial charge in [0, 0.05) is 32.6 Å². The summed E-state index contributed by atoms with van der Waals surface area (Å²) in [6.45, 7) is 7.20. The van der Waals surface area contributed by atoms with Crippen LogP contribution in [-0.2, 0) is 19.1 Å². The molecule has 2 aliphatic heterocycles. The summed E-state index contributed by atoms with van der Waals surface area (Å²) in [5, 5.41) is 0. The number of hydrogen-bond acceptors (Lipinski definition) is 5. The van der Waals surface area contributed by atoms with Gasteiger partial charge in [-0.05, 0) is 49.1 Å². The zero-order valence-corrected chi connectivity index (χ0v) is 13.7. The van der Waals surface area contributed by atoms with Gasteiger partial charge in [-0.15, -0.1) is 0 Å². The van der Waals surface area contributed by atoms with E-state index in [4.69, 9.17) is 9.47 Å². The van der Waals surface area contributed by atoms with Crippen molar-refractivity contribution >= 4 is 23.7 Å². The molecule has 2 heterocycles. The minimum atomic E-state index is -1.21. The average molecular weight is 315 g/mol. The number of hydrogen-bond donors (Lipinski definition) is 0. The molecule has 23 heavy (non-hydrogen) atoms. The molecule has 0 atom stereocenters. The maximum Gasteiger partial charge on any atom is 0.348 e. The molecule has 2 saturated heterocycles. The topological polar surface area (TPSA) is 55.8 Å². The Morgan fingerprint density at radius 3 is 2.26 bits per heavy atom. The summed E-state index contributed by atoms with van der Waals surface area (Å²) in [5.41, 5.74) is 2.93. The maximum absolute atomic E-state index is 12.0. The monoisotopic (exact) mass is 315 g/mol. The predicted molar refractivity (Wildman–Crippen MR) is 86.9 cm³/mol. The third-order valence-corrected chi connectivity index (χ3v) is 4.14. The van der Waals surface area contributed by atoms with Crippen molar-refractivity contribution in [3.05, 3.63) is 34.9 Å². The normalized spacial score (nSPS) is 20.3. The van der Waals surface area contributed by atoms with Crippen LogP contribution >= 0.6 is 0 Å². The van der Waals surface area contributed by atoms with Crippen LogP contribution in [0.3, 0.4) is 0 Å². The molecule has 0 spiro atoms. The Morgan fingerprint density at radius 1 is 1.09 bits per heavy atom. The standard InChI is InChI=1S/C18H21NO4/c1-12-10-14(19-8-4-5-9-19)7-6-13(12)11-15-16(20)22-18(2,3)23-17(15)21/h6-7,10-11H,4-5,8-9H2,1-3H3. The summed E-state index contributed by atoms with van der Waals surface area (Å²) in [4.78, 5) is 26.4. The number of esters is 2. The lowest BCUT2D eigenvalue weighted by atomic mass is 10.0. The van der Waals surface area contributed by atoms with Crippen molar-refractivity contribution in [1.29, 1.82) is 0 Å². The summed E-state index contributed by atoms with van der Waals surface area (Å²) in [5.74, 6) is -2.50. The van der Waals surface area contributed by atoms with Gasteiger partial charge in [-0.1, -0.05) is 6.07 Å². The molecule has 1 aromatic carbocycles. The third-order valence-electron chi connectivity index (χ3n) is 4.14. The maximum atomic E-state index is 12.0. The third kappa shape index (κ3) is 3.23. The van der Waals surface area contributed by atoms with E-state index in [2.05, 4.69) is 11.0 Å². The van der Waals surface area contributed by atoms with Crippen molar-refractivity contribution < 1.29 is 19.1 Å². The van der Waals surface area contributed by atoms with Crippen molar-refractivity contribution in [2.75, 3.05) is 18.0 Å². The van der Waals surface area contributed by atoms with E-state index < -0.39 is 17.7 Å². The van der Waals surface area contributed by atoms with Gasteiger partial charge in [0.25, 0.3) is 5.79 Å². The Labute approximate surface area is 135 Å². The van der Waals surface area contributed by atoms with Gasteiger partial charge in [0.05, 0.1) is 0 Å². The zero-order chi connectivity index (χ0) is 16.6. The van der Waals surface area contributed by atoms with E-state index in [0.29, 0.717) is 0 Å². The number of nitrogens with zero attached hydrogens (tertiary/aromatic N) is 1. The van der Waals surface area contributed by atoms with E-state index in [1.807, 2.05) is 19.1 Å². The Kier molecular flexibility index (Phi) is 3.88. The zero-order valence-electron chi connectivity index (χ0n) is 13.7. The van der Waals surface area contributed by atoms with E-state index in [1.54, 1.807) is 6.08 Å². The molecule has 2 aliphatic rings. The van der Waals surface area contributed by atoms with E-state index in [9.17, 15) is 9.59 Å². The van der Waals surface area contributed by atoms with Gasteiger partial charge in [-0.3, -0.25) is 0 Å². The van der Waals surface area contributed by atoms with E-state index in [-0.39, 0.29) is 5.57 Å². The number of benzene rings is 1. The van der Waals surface area contributed by atoms with Crippen LogP contribution in [0.4, 0.5) is 5.69 Å². The second kappa shape index (κ2) is 5.72. The summed E-state index contributed by atoms with van der Waals surface area (Å²) in [6.07, 6.45) is 3.99. The summed E-state index contributed by atoms with van der Waals surface area (Å²) in [7, 11) is 0. The van der Waals surface area contributed by atoms with Gasteiger partial charge >= 0.3 is 11.9 Å². The average Bonchev–Trinajstić information content (AvgIpc) is 2.97. The van der Waals surface area contributed by atoms with E-state index in [0.717, 1.165) is 24.2 Å². The number of carbonyl (C=O) groups is 2.